The Bertz CT molecular complexity index is 996. The molecule has 0 radical (unpaired) electrons. The lowest BCUT2D eigenvalue weighted by Gasteiger charge is -2.29. The molecule has 7 heteroatoms. The molecule has 0 spiro atoms. The summed E-state index contributed by atoms with van der Waals surface area (Å²) in [5.41, 5.74) is 4.81. The van der Waals surface area contributed by atoms with Crippen LogP contribution >= 0.6 is 0 Å². The molecule has 7 nitrogen and oxygen atoms in total. The summed E-state index contributed by atoms with van der Waals surface area (Å²) in [4.78, 5) is 16.4. The molecule has 1 saturated carbocycles. The highest BCUT2D eigenvalue weighted by molar-refractivity contribution is 5.82. The third kappa shape index (κ3) is 3.44. The Labute approximate surface area is 171 Å². The average Bonchev–Trinajstić information content (AvgIpc) is 3.36. The van der Waals surface area contributed by atoms with E-state index in [0.717, 1.165) is 48.7 Å². The first-order valence-corrected chi connectivity index (χ1v) is 10.7. The summed E-state index contributed by atoms with van der Waals surface area (Å²) in [5.74, 6) is 1.38. The lowest BCUT2D eigenvalue weighted by Crippen LogP contribution is -2.43. The van der Waals surface area contributed by atoms with Crippen LogP contribution in [-0.4, -0.2) is 45.7 Å². The number of hydrogen-bond donors (Lipinski definition) is 2. The lowest BCUT2D eigenvalue weighted by molar-refractivity contribution is 0.521. The van der Waals surface area contributed by atoms with Crippen molar-refractivity contribution in [3.63, 3.8) is 0 Å². The number of rotatable bonds is 4. The molecule has 1 aliphatic heterocycles. The number of aromatic nitrogens is 4. The number of piperazine rings is 1. The quantitative estimate of drug-likeness (QED) is 0.706. The SMILES string of the molecule is Cc1c(C)n(C2CCCC2)c2nc(Nc3ccc(N4CCNCC4)cn3)ncc12. The Kier molecular flexibility index (Phi) is 4.83. The number of fused-ring (bicyclic) bond motifs is 1. The molecule has 0 bridgehead atoms. The minimum Gasteiger partial charge on any atom is -0.368 e. The Balaban J connectivity index is 1.41. The summed E-state index contributed by atoms with van der Waals surface area (Å²) in [5, 5.41) is 7.83. The number of pyridine rings is 1. The van der Waals surface area contributed by atoms with E-state index >= 15 is 0 Å². The molecule has 5 rings (SSSR count). The van der Waals surface area contributed by atoms with E-state index in [4.69, 9.17) is 4.98 Å². The van der Waals surface area contributed by atoms with Gasteiger partial charge in [0.05, 0.1) is 11.9 Å². The maximum atomic E-state index is 4.89. The van der Waals surface area contributed by atoms with Crippen molar-refractivity contribution in [2.75, 3.05) is 36.4 Å². The number of aryl methyl sites for hydroxylation is 1. The predicted octanol–water partition coefficient (Wildman–Crippen LogP) is 3.71. The van der Waals surface area contributed by atoms with E-state index < -0.39 is 0 Å². The molecule has 2 fully saturated rings. The molecule has 4 heterocycles. The van der Waals surface area contributed by atoms with Crippen LogP contribution in [0.3, 0.4) is 0 Å². The molecule has 0 amide bonds. The second kappa shape index (κ2) is 7.63. The summed E-state index contributed by atoms with van der Waals surface area (Å²) in [6.45, 7) is 8.46. The van der Waals surface area contributed by atoms with E-state index in [0.29, 0.717) is 12.0 Å². The molecular formula is C22H29N7. The van der Waals surface area contributed by atoms with Gasteiger partial charge in [-0.25, -0.2) is 9.97 Å². The van der Waals surface area contributed by atoms with Crippen LogP contribution in [0.4, 0.5) is 17.5 Å². The Morgan fingerprint density at radius 3 is 2.55 bits per heavy atom. The van der Waals surface area contributed by atoms with Crippen molar-refractivity contribution in [1.82, 2.24) is 24.8 Å². The van der Waals surface area contributed by atoms with Gasteiger partial charge in [-0.3, -0.25) is 0 Å². The van der Waals surface area contributed by atoms with E-state index in [1.807, 2.05) is 18.5 Å². The minimum absolute atomic E-state index is 0.561. The van der Waals surface area contributed by atoms with Gasteiger partial charge in [0, 0.05) is 49.5 Å². The van der Waals surface area contributed by atoms with Gasteiger partial charge in [-0.05, 0) is 44.4 Å². The maximum absolute atomic E-state index is 4.89. The minimum atomic E-state index is 0.561. The van der Waals surface area contributed by atoms with Crippen LogP contribution in [0.5, 0.6) is 0 Å². The molecule has 152 valence electrons. The first kappa shape index (κ1) is 18.4. The van der Waals surface area contributed by atoms with Gasteiger partial charge in [0.1, 0.15) is 11.5 Å². The third-order valence-electron chi connectivity index (χ3n) is 6.46. The van der Waals surface area contributed by atoms with Gasteiger partial charge in [0.15, 0.2) is 0 Å². The van der Waals surface area contributed by atoms with Crippen LogP contribution < -0.4 is 15.5 Å². The Morgan fingerprint density at radius 2 is 1.83 bits per heavy atom. The molecule has 3 aromatic heterocycles. The molecule has 1 aliphatic carbocycles. The number of hydrogen-bond acceptors (Lipinski definition) is 6. The molecular weight excluding hydrogens is 362 g/mol. The number of nitrogens with zero attached hydrogens (tertiary/aromatic N) is 5. The zero-order valence-corrected chi connectivity index (χ0v) is 17.3. The molecule has 1 saturated heterocycles. The Hall–Kier alpha value is -2.67. The van der Waals surface area contributed by atoms with E-state index in [9.17, 15) is 0 Å². The second-order valence-corrected chi connectivity index (χ2v) is 8.21. The van der Waals surface area contributed by atoms with Gasteiger partial charge in [0.2, 0.25) is 5.95 Å². The topological polar surface area (TPSA) is 70.9 Å². The van der Waals surface area contributed by atoms with E-state index in [2.05, 4.69) is 50.0 Å². The molecule has 2 N–H and O–H groups in total. The van der Waals surface area contributed by atoms with Gasteiger partial charge in [0.25, 0.3) is 0 Å². The molecule has 3 aromatic rings. The summed E-state index contributed by atoms with van der Waals surface area (Å²) in [6.07, 6.45) is 8.98. The van der Waals surface area contributed by atoms with Gasteiger partial charge in [-0.1, -0.05) is 12.8 Å². The summed E-state index contributed by atoms with van der Waals surface area (Å²) in [7, 11) is 0. The van der Waals surface area contributed by atoms with E-state index in [1.54, 1.807) is 0 Å². The first-order chi connectivity index (χ1) is 14.2. The van der Waals surface area contributed by atoms with Crippen LogP contribution in [0, 0.1) is 13.8 Å². The Morgan fingerprint density at radius 1 is 1.03 bits per heavy atom. The van der Waals surface area contributed by atoms with Crippen molar-refractivity contribution in [3.8, 4) is 0 Å². The summed E-state index contributed by atoms with van der Waals surface area (Å²) < 4.78 is 2.44. The monoisotopic (exact) mass is 391 g/mol. The zero-order chi connectivity index (χ0) is 19.8. The van der Waals surface area contributed by atoms with Crippen molar-refractivity contribution < 1.29 is 0 Å². The fraction of sp³-hybridized carbons (Fsp3) is 0.500. The predicted molar refractivity (Wildman–Crippen MR) is 117 cm³/mol. The van der Waals surface area contributed by atoms with Crippen molar-refractivity contribution in [3.05, 3.63) is 35.8 Å². The fourth-order valence-electron chi connectivity index (χ4n) is 4.71. The molecule has 29 heavy (non-hydrogen) atoms. The maximum Gasteiger partial charge on any atom is 0.230 e. The van der Waals surface area contributed by atoms with Gasteiger partial charge in [-0.2, -0.15) is 4.98 Å². The lowest BCUT2D eigenvalue weighted by atomic mass is 10.2. The normalized spacial score (nSPS) is 17.9. The van der Waals surface area contributed by atoms with Crippen LogP contribution in [0.25, 0.3) is 11.0 Å². The van der Waals surface area contributed by atoms with Crippen molar-refractivity contribution in [1.29, 1.82) is 0 Å². The van der Waals surface area contributed by atoms with Gasteiger partial charge >= 0.3 is 0 Å². The number of anilines is 3. The fourth-order valence-corrected chi connectivity index (χ4v) is 4.71. The van der Waals surface area contributed by atoms with Gasteiger partial charge in [-0.15, -0.1) is 0 Å². The van der Waals surface area contributed by atoms with Crippen LogP contribution in [-0.2, 0) is 0 Å². The first-order valence-electron chi connectivity index (χ1n) is 10.7. The average molecular weight is 392 g/mol. The highest BCUT2D eigenvalue weighted by Crippen LogP contribution is 2.36. The molecule has 0 aromatic carbocycles. The second-order valence-electron chi connectivity index (χ2n) is 8.21. The van der Waals surface area contributed by atoms with Crippen molar-refractivity contribution in [2.45, 2.75) is 45.6 Å². The van der Waals surface area contributed by atoms with Crippen molar-refractivity contribution >= 4 is 28.5 Å². The van der Waals surface area contributed by atoms with Gasteiger partial charge < -0.3 is 20.1 Å². The molecule has 0 atom stereocenters. The van der Waals surface area contributed by atoms with Crippen LogP contribution in [0.2, 0.25) is 0 Å². The number of nitrogens with one attached hydrogen (secondary N) is 2. The summed E-state index contributed by atoms with van der Waals surface area (Å²) >= 11 is 0. The van der Waals surface area contributed by atoms with Crippen molar-refractivity contribution in [2.24, 2.45) is 0 Å². The molecule has 0 unspecified atom stereocenters. The highest BCUT2D eigenvalue weighted by Gasteiger charge is 2.23. The highest BCUT2D eigenvalue weighted by atomic mass is 15.2. The van der Waals surface area contributed by atoms with Crippen LogP contribution in [0.1, 0.15) is 43.0 Å². The molecule has 2 aliphatic rings. The van der Waals surface area contributed by atoms with E-state index in [-0.39, 0.29) is 0 Å². The summed E-state index contributed by atoms with van der Waals surface area (Å²) in [6, 6.07) is 4.69. The standard InChI is InChI=1S/C22H29N7/c1-15-16(2)29(17-5-3-4-6-17)21-19(15)14-25-22(27-21)26-20-8-7-18(13-24-20)28-11-9-23-10-12-28/h7-8,13-14,17,23H,3-6,9-12H2,1-2H3,(H,24,25,26,27). The smallest absolute Gasteiger partial charge is 0.230 e. The van der Waals surface area contributed by atoms with E-state index in [1.165, 1.54) is 36.9 Å². The third-order valence-corrected chi connectivity index (χ3v) is 6.46. The zero-order valence-electron chi connectivity index (χ0n) is 17.3. The largest absolute Gasteiger partial charge is 0.368 e. The van der Waals surface area contributed by atoms with Crippen LogP contribution in [0.15, 0.2) is 24.5 Å².